The van der Waals surface area contributed by atoms with Crippen molar-refractivity contribution in [3.63, 3.8) is 0 Å². The number of aliphatic hydroxyl groups excluding tert-OH is 1. The number of carbonyl (C=O) groups excluding carboxylic acids is 1. The zero-order chi connectivity index (χ0) is 25.1. The molecular formula is C26H35N5O4S. The summed E-state index contributed by atoms with van der Waals surface area (Å²) < 4.78 is 0. The topological polar surface area (TPSA) is 155 Å². The van der Waals surface area contributed by atoms with Crippen LogP contribution in [0.25, 0.3) is 10.2 Å². The molecule has 0 bridgehead atoms. The van der Waals surface area contributed by atoms with Crippen molar-refractivity contribution >= 4 is 44.9 Å². The summed E-state index contributed by atoms with van der Waals surface area (Å²) >= 11 is 1.25. The van der Waals surface area contributed by atoms with E-state index in [9.17, 15) is 14.7 Å². The van der Waals surface area contributed by atoms with E-state index in [0.29, 0.717) is 22.7 Å². The lowest BCUT2D eigenvalue weighted by atomic mass is 10.0. The SMILES string of the molecule is C.CCCc1cc(N2CCC(NCC(O)c3ccc(C(=O)O)cc3)CC2)nc2sc(C(N)=O)c(N)c12. The normalized spacial score (nSPS) is 15.0. The zero-order valence-corrected chi connectivity index (χ0v) is 20.5. The number of piperidine rings is 1. The number of nitrogens with one attached hydrogen (secondary N) is 1. The van der Waals surface area contributed by atoms with E-state index in [-0.39, 0.29) is 19.0 Å². The van der Waals surface area contributed by atoms with E-state index >= 15 is 0 Å². The third kappa shape index (κ3) is 5.77. The molecule has 1 unspecified atom stereocenters. The summed E-state index contributed by atoms with van der Waals surface area (Å²) in [5.41, 5.74) is 14.2. The molecule has 7 N–H and O–H groups in total. The summed E-state index contributed by atoms with van der Waals surface area (Å²) in [6.07, 6.45) is 2.88. The molecule has 194 valence electrons. The number of amides is 1. The Morgan fingerprint density at radius 3 is 2.50 bits per heavy atom. The summed E-state index contributed by atoms with van der Waals surface area (Å²) in [4.78, 5) is 31.0. The van der Waals surface area contributed by atoms with E-state index in [4.69, 9.17) is 21.6 Å². The van der Waals surface area contributed by atoms with Gasteiger partial charge in [0.2, 0.25) is 0 Å². The van der Waals surface area contributed by atoms with Gasteiger partial charge < -0.3 is 31.9 Å². The molecule has 0 aliphatic carbocycles. The van der Waals surface area contributed by atoms with Crippen molar-refractivity contribution in [1.29, 1.82) is 0 Å². The van der Waals surface area contributed by atoms with Crippen molar-refractivity contribution in [3.05, 3.63) is 51.9 Å². The highest BCUT2D eigenvalue weighted by Crippen LogP contribution is 2.37. The number of pyridine rings is 1. The van der Waals surface area contributed by atoms with Crippen LogP contribution in [0.4, 0.5) is 11.5 Å². The van der Waals surface area contributed by atoms with Crippen LogP contribution in [0.5, 0.6) is 0 Å². The van der Waals surface area contributed by atoms with Crippen LogP contribution in [0.2, 0.25) is 0 Å². The predicted molar refractivity (Wildman–Crippen MR) is 145 cm³/mol. The largest absolute Gasteiger partial charge is 0.478 e. The number of carboxylic acid groups (broad SMARTS) is 1. The second-order valence-corrected chi connectivity index (χ2v) is 9.89. The Balaban J connectivity index is 0.00000361. The van der Waals surface area contributed by atoms with E-state index in [1.807, 2.05) is 0 Å². The van der Waals surface area contributed by atoms with Crippen LogP contribution in [0.3, 0.4) is 0 Å². The van der Waals surface area contributed by atoms with Crippen LogP contribution < -0.4 is 21.7 Å². The van der Waals surface area contributed by atoms with Gasteiger partial charge in [0.15, 0.2) is 0 Å². The maximum atomic E-state index is 11.8. The van der Waals surface area contributed by atoms with Crippen molar-refractivity contribution in [2.24, 2.45) is 5.73 Å². The smallest absolute Gasteiger partial charge is 0.335 e. The van der Waals surface area contributed by atoms with Gasteiger partial charge in [-0.1, -0.05) is 32.9 Å². The fraction of sp³-hybridized carbons (Fsp3) is 0.423. The van der Waals surface area contributed by atoms with E-state index in [2.05, 4.69) is 23.2 Å². The number of carboxylic acids is 1. The van der Waals surface area contributed by atoms with Crippen LogP contribution in [-0.2, 0) is 6.42 Å². The molecule has 1 amide bonds. The van der Waals surface area contributed by atoms with Gasteiger partial charge in [0.05, 0.1) is 17.4 Å². The zero-order valence-electron chi connectivity index (χ0n) is 19.7. The number of nitrogens with zero attached hydrogens (tertiary/aromatic N) is 2. The molecule has 10 heteroatoms. The van der Waals surface area contributed by atoms with Crippen molar-refractivity contribution < 1.29 is 19.8 Å². The lowest BCUT2D eigenvalue weighted by molar-refractivity contribution is 0.0696. The molecule has 1 aromatic carbocycles. The number of carbonyl (C=O) groups is 2. The average molecular weight is 514 g/mol. The van der Waals surface area contributed by atoms with Gasteiger partial charge in [-0.3, -0.25) is 4.79 Å². The van der Waals surface area contributed by atoms with Gasteiger partial charge in [0.1, 0.15) is 15.5 Å². The van der Waals surface area contributed by atoms with Gasteiger partial charge in [-0.05, 0) is 48.6 Å². The van der Waals surface area contributed by atoms with Gasteiger partial charge >= 0.3 is 5.97 Å². The number of hydrogen-bond acceptors (Lipinski definition) is 8. The second-order valence-electron chi connectivity index (χ2n) is 8.89. The molecule has 0 spiro atoms. The number of aromatic nitrogens is 1. The molecule has 1 aliphatic rings. The molecule has 1 aliphatic heterocycles. The van der Waals surface area contributed by atoms with Gasteiger partial charge in [-0.15, -0.1) is 11.3 Å². The molecular weight excluding hydrogens is 478 g/mol. The van der Waals surface area contributed by atoms with Crippen LogP contribution >= 0.6 is 11.3 Å². The van der Waals surface area contributed by atoms with Crippen molar-refractivity contribution in [3.8, 4) is 0 Å². The lowest BCUT2D eigenvalue weighted by Crippen LogP contribution is -2.44. The Hall–Kier alpha value is -3.21. The standard InChI is InChI=1S/C25H31N5O4S.CH4/c1-2-3-16-12-19(29-24-20(16)21(26)22(35-24)23(27)32)30-10-8-17(9-11-30)28-13-18(31)14-4-6-15(7-5-14)25(33)34;/h4-7,12,17-18,28,31H,2-3,8-11,13,26H2,1H3,(H2,27,32)(H,33,34);1H4. The highest BCUT2D eigenvalue weighted by molar-refractivity contribution is 7.21. The molecule has 1 fully saturated rings. The van der Waals surface area contributed by atoms with E-state index in [0.717, 1.165) is 60.4 Å². The number of thiophene rings is 1. The first-order valence-corrected chi connectivity index (χ1v) is 12.6. The molecule has 3 heterocycles. The monoisotopic (exact) mass is 513 g/mol. The Bertz CT molecular complexity index is 1220. The summed E-state index contributed by atoms with van der Waals surface area (Å²) in [5, 5.41) is 23.8. The van der Waals surface area contributed by atoms with E-state index in [1.165, 1.54) is 23.5 Å². The molecule has 36 heavy (non-hydrogen) atoms. The molecule has 1 atom stereocenters. The number of nitrogen functional groups attached to an aromatic ring is 1. The molecule has 2 aromatic heterocycles. The highest BCUT2D eigenvalue weighted by atomic mass is 32.1. The second kappa shape index (κ2) is 11.7. The third-order valence-corrected chi connectivity index (χ3v) is 7.59. The van der Waals surface area contributed by atoms with E-state index < -0.39 is 18.0 Å². The Kier molecular flexibility index (Phi) is 8.89. The first-order chi connectivity index (χ1) is 16.8. The molecule has 0 radical (unpaired) electrons. The Morgan fingerprint density at radius 1 is 1.25 bits per heavy atom. The quantitative estimate of drug-likeness (QED) is 0.291. The summed E-state index contributed by atoms with van der Waals surface area (Å²) in [6, 6.07) is 8.65. The molecule has 1 saturated heterocycles. The maximum absolute atomic E-state index is 11.8. The number of rotatable bonds is 9. The fourth-order valence-corrected chi connectivity index (χ4v) is 5.54. The summed E-state index contributed by atoms with van der Waals surface area (Å²) in [6.45, 7) is 4.13. The number of hydrogen-bond donors (Lipinski definition) is 5. The van der Waals surface area contributed by atoms with Crippen molar-refractivity contribution in [1.82, 2.24) is 10.3 Å². The Morgan fingerprint density at radius 2 is 1.92 bits per heavy atom. The van der Waals surface area contributed by atoms with Crippen LogP contribution in [0.15, 0.2) is 30.3 Å². The Labute approximate surface area is 215 Å². The van der Waals surface area contributed by atoms with Crippen LogP contribution in [-0.4, -0.2) is 52.7 Å². The molecule has 4 rings (SSSR count). The molecule has 0 saturated carbocycles. The van der Waals surface area contributed by atoms with Gasteiger partial charge in [0.25, 0.3) is 5.91 Å². The number of aromatic carboxylic acids is 1. The summed E-state index contributed by atoms with van der Waals surface area (Å²) in [7, 11) is 0. The summed E-state index contributed by atoms with van der Waals surface area (Å²) in [5.74, 6) is -0.626. The first kappa shape index (κ1) is 27.4. The number of anilines is 2. The minimum Gasteiger partial charge on any atom is -0.478 e. The lowest BCUT2D eigenvalue weighted by Gasteiger charge is -2.34. The van der Waals surface area contributed by atoms with Gasteiger partial charge in [0, 0.05) is 31.1 Å². The number of nitrogens with two attached hydrogens (primary N) is 2. The van der Waals surface area contributed by atoms with Gasteiger partial charge in [-0.2, -0.15) is 0 Å². The van der Waals surface area contributed by atoms with Crippen LogP contribution in [0.1, 0.15) is 70.9 Å². The highest BCUT2D eigenvalue weighted by Gasteiger charge is 2.24. The molecule has 9 nitrogen and oxygen atoms in total. The number of fused-ring (bicyclic) bond motifs is 1. The van der Waals surface area contributed by atoms with Crippen molar-refractivity contribution in [2.45, 2.75) is 52.2 Å². The minimum absolute atomic E-state index is 0. The average Bonchev–Trinajstić information content (AvgIpc) is 3.20. The number of benzene rings is 1. The predicted octanol–water partition coefficient (Wildman–Crippen LogP) is 3.56. The third-order valence-electron chi connectivity index (χ3n) is 6.47. The minimum atomic E-state index is -0.984. The van der Waals surface area contributed by atoms with Crippen molar-refractivity contribution in [2.75, 3.05) is 30.3 Å². The molecule has 3 aromatic rings. The number of aliphatic hydroxyl groups is 1. The first-order valence-electron chi connectivity index (χ1n) is 11.8. The number of aryl methyl sites for hydroxylation is 1. The van der Waals surface area contributed by atoms with Crippen LogP contribution in [0, 0.1) is 0 Å². The van der Waals surface area contributed by atoms with Gasteiger partial charge in [-0.25, -0.2) is 9.78 Å². The van der Waals surface area contributed by atoms with E-state index in [1.54, 1.807) is 12.1 Å². The maximum Gasteiger partial charge on any atom is 0.335 e. The number of primary amides is 1. The fourth-order valence-electron chi connectivity index (χ4n) is 4.55.